The Labute approximate surface area is 122 Å². The number of carboxylic acids is 2. The summed E-state index contributed by atoms with van der Waals surface area (Å²) in [5.41, 5.74) is 1.55. The lowest BCUT2D eigenvalue weighted by molar-refractivity contribution is 0.0696. The average molecular weight is 290 g/mol. The Bertz CT molecular complexity index is 573. The number of carbonyl (C=O) groups is 2. The Balaban J connectivity index is 0.000000159. The highest BCUT2D eigenvalue weighted by atomic mass is 16.5. The number of hydrogen-bond acceptors (Lipinski definition) is 3. The van der Waals surface area contributed by atoms with Gasteiger partial charge >= 0.3 is 11.9 Å². The van der Waals surface area contributed by atoms with E-state index in [1.54, 1.807) is 5.57 Å². The van der Waals surface area contributed by atoms with E-state index in [-0.39, 0.29) is 11.1 Å². The summed E-state index contributed by atoms with van der Waals surface area (Å²) < 4.78 is 5.51. The van der Waals surface area contributed by atoms with E-state index in [1.807, 2.05) is 0 Å². The van der Waals surface area contributed by atoms with Gasteiger partial charge in [-0.15, -0.1) is 0 Å². The normalized spacial score (nSPS) is 22.4. The van der Waals surface area contributed by atoms with E-state index in [9.17, 15) is 9.59 Å². The summed E-state index contributed by atoms with van der Waals surface area (Å²) in [5, 5.41) is 17.0. The number of hydrogen-bond donors (Lipinski definition) is 2. The van der Waals surface area contributed by atoms with Gasteiger partial charge in [-0.1, -0.05) is 13.0 Å². The van der Waals surface area contributed by atoms with Crippen LogP contribution >= 0.6 is 0 Å². The zero-order chi connectivity index (χ0) is 15.6. The van der Waals surface area contributed by atoms with Crippen molar-refractivity contribution in [1.82, 2.24) is 0 Å². The molecule has 5 nitrogen and oxygen atoms in total. The minimum absolute atomic E-state index is 0.0186. The third kappa shape index (κ3) is 3.42. The second-order valence-electron chi connectivity index (χ2n) is 5.38. The van der Waals surface area contributed by atoms with Gasteiger partial charge in [-0.05, 0) is 36.6 Å². The standard InChI is InChI=1S/C8H6O4.C8H12O/c9-7(10)5-2-1-3-6(4-5)8(11)12;1-5-3-8-7(5)4-6(2)9-8/h1-4H,(H,9,10)(H,11,12);5-6H,3-4H2,1-2H3. The van der Waals surface area contributed by atoms with Crippen LogP contribution in [-0.4, -0.2) is 28.3 Å². The van der Waals surface area contributed by atoms with Gasteiger partial charge in [0.15, 0.2) is 0 Å². The van der Waals surface area contributed by atoms with Crippen molar-refractivity contribution in [1.29, 1.82) is 0 Å². The SMILES string of the molecule is CC1CC2=C(CC2C)O1.O=C(O)c1cccc(C(=O)O)c1. The number of aromatic carboxylic acids is 2. The molecule has 1 aliphatic carbocycles. The Morgan fingerprint density at radius 2 is 1.67 bits per heavy atom. The van der Waals surface area contributed by atoms with Crippen LogP contribution < -0.4 is 0 Å². The average Bonchev–Trinajstić information content (AvgIpc) is 2.75. The number of benzene rings is 1. The predicted octanol–water partition coefficient (Wildman–Crippen LogP) is 3.17. The van der Waals surface area contributed by atoms with Crippen LogP contribution in [0.15, 0.2) is 35.6 Å². The first-order chi connectivity index (χ1) is 9.88. The van der Waals surface area contributed by atoms with Gasteiger partial charge < -0.3 is 14.9 Å². The minimum atomic E-state index is -1.13. The molecule has 2 atom stereocenters. The number of allylic oxidation sites excluding steroid dienone is 1. The summed E-state index contributed by atoms with van der Waals surface area (Å²) in [4.78, 5) is 20.8. The molecule has 2 unspecified atom stereocenters. The molecule has 1 aromatic rings. The molecule has 0 fully saturated rings. The van der Waals surface area contributed by atoms with E-state index < -0.39 is 11.9 Å². The molecular weight excluding hydrogens is 272 g/mol. The van der Waals surface area contributed by atoms with Crippen LogP contribution in [-0.2, 0) is 4.74 Å². The van der Waals surface area contributed by atoms with Gasteiger partial charge in [0, 0.05) is 12.8 Å². The number of rotatable bonds is 2. The van der Waals surface area contributed by atoms with Gasteiger partial charge in [0.2, 0.25) is 0 Å². The lowest BCUT2D eigenvalue weighted by atomic mass is 9.83. The molecule has 0 spiro atoms. The molecule has 2 aliphatic rings. The summed E-state index contributed by atoms with van der Waals surface area (Å²) >= 11 is 0. The maximum absolute atomic E-state index is 10.4. The highest BCUT2D eigenvalue weighted by Gasteiger charge is 2.34. The van der Waals surface area contributed by atoms with Crippen LogP contribution in [0.25, 0.3) is 0 Å². The number of carboxylic acid groups (broad SMARTS) is 2. The van der Waals surface area contributed by atoms with Crippen molar-refractivity contribution in [3.63, 3.8) is 0 Å². The van der Waals surface area contributed by atoms with Crippen LogP contribution in [0.3, 0.4) is 0 Å². The van der Waals surface area contributed by atoms with Gasteiger partial charge in [-0.3, -0.25) is 0 Å². The van der Waals surface area contributed by atoms with Crippen molar-refractivity contribution in [2.24, 2.45) is 5.92 Å². The first-order valence-electron chi connectivity index (χ1n) is 6.83. The highest BCUT2D eigenvalue weighted by molar-refractivity contribution is 5.93. The van der Waals surface area contributed by atoms with Crippen molar-refractivity contribution in [3.05, 3.63) is 46.7 Å². The van der Waals surface area contributed by atoms with Gasteiger partial charge in [0.1, 0.15) is 0 Å². The summed E-state index contributed by atoms with van der Waals surface area (Å²) in [6.45, 7) is 4.42. The maximum atomic E-state index is 10.4. The molecule has 112 valence electrons. The second-order valence-corrected chi connectivity index (χ2v) is 5.38. The Kier molecular flexibility index (Phi) is 4.31. The first-order valence-corrected chi connectivity index (χ1v) is 6.83. The fraction of sp³-hybridized carbons (Fsp3) is 0.375. The summed E-state index contributed by atoms with van der Waals surface area (Å²) in [6, 6.07) is 5.20. The van der Waals surface area contributed by atoms with E-state index in [4.69, 9.17) is 14.9 Å². The van der Waals surface area contributed by atoms with Crippen LogP contribution in [0.5, 0.6) is 0 Å². The van der Waals surface area contributed by atoms with E-state index in [0.29, 0.717) is 6.10 Å². The predicted molar refractivity (Wildman–Crippen MR) is 76.3 cm³/mol. The Hall–Kier alpha value is -2.30. The number of ether oxygens (including phenoxy) is 1. The zero-order valence-electron chi connectivity index (χ0n) is 12.0. The Morgan fingerprint density at radius 1 is 1.10 bits per heavy atom. The highest BCUT2D eigenvalue weighted by Crippen LogP contribution is 2.43. The molecule has 21 heavy (non-hydrogen) atoms. The van der Waals surface area contributed by atoms with Crippen LogP contribution in [0.1, 0.15) is 47.4 Å². The van der Waals surface area contributed by atoms with Crippen LogP contribution in [0.2, 0.25) is 0 Å². The molecule has 3 rings (SSSR count). The Morgan fingerprint density at radius 3 is 2.05 bits per heavy atom. The molecule has 0 saturated carbocycles. The molecule has 5 heteroatoms. The fourth-order valence-electron chi connectivity index (χ4n) is 2.49. The summed E-state index contributed by atoms with van der Waals surface area (Å²) in [6.07, 6.45) is 2.86. The maximum Gasteiger partial charge on any atom is 0.335 e. The summed E-state index contributed by atoms with van der Waals surface area (Å²) in [5.74, 6) is -0.129. The lowest BCUT2D eigenvalue weighted by Crippen LogP contribution is -2.10. The van der Waals surface area contributed by atoms with Crippen molar-refractivity contribution in [2.45, 2.75) is 32.8 Å². The van der Waals surface area contributed by atoms with E-state index in [1.165, 1.54) is 36.8 Å². The van der Waals surface area contributed by atoms with E-state index >= 15 is 0 Å². The first kappa shape index (κ1) is 15.1. The molecule has 0 amide bonds. The molecule has 2 N–H and O–H groups in total. The van der Waals surface area contributed by atoms with E-state index in [0.717, 1.165) is 12.0 Å². The quantitative estimate of drug-likeness (QED) is 0.874. The van der Waals surface area contributed by atoms with Gasteiger partial charge in [-0.25, -0.2) is 9.59 Å². The third-order valence-corrected chi connectivity index (χ3v) is 3.65. The molecule has 1 aliphatic heterocycles. The third-order valence-electron chi connectivity index (χ3n) is 3.65. The second kappa shape index (κ2) is 5.99. The summed E-state index contributed by atoms with van der Waals surface area (Å²) in [7, 11) is 0. The smallest absolute Gasteiger partial charge is 0.335 e. The molecular formula is C16H18O5. The molecule has 0 radical (unpaired) electrons. The van der Waals surface area contributed by atoms with Crippen molar-refractivity contribution in [3.8, 4) is 0 Å². The molecule has 1 heterocycles. The molecule has 0 saturated heterocycles. The fourth-order valence-corrected chi connectivity index (χ4v) is 2.49. The molecule has 1 aromatic carbocycles. The monoisotopic (exact) mass is 290 g/mol. The van der Waals surface area contributed by atoms with E-state index in [2.05, 4.69) is 13.8 Å². The molecule has 0 bridgehead atoms. The van der Waals surface area contributed by atoms with Gasteiger partial charge in [-0.2, -0.15) is 0 Å². The lowest BCUT2D eigenvalue weighted by Gasteiger charge is -2.22. The van der Waals surface area contributed by atoms with Crippen LogP contribution in [0, 0.1) is 5.92 Å². The van der Waals surface area contributed by atoms with Crippen molar-refractivity contribution < 1.29 is 24.5 Å². The molecule has 0 aromatic heterocycles. The zero-order valence-corrected chi connectivity index (χ0v) is 12.0. The van der Waals surface area contributed by atoms with Crippen molar-refractivity contribution in [2.75, 3.05) is 0 Å². The van der Waals surface area contributed by atoms with Gasteiger partial charge in [0.25, 0.3) is 0 Å². The largest absolute Gasteiger partial charge is 0.495 e. The van der Waals surface area contributed by atoms with Crippen molar-refractivity contribution >= 4 is 11.9 Å². The minimum Gasteiger partial charge on any atom is -0.495 e. The topological polar surface area (TPSA) is 83.8 Å². The van der Waals surface area contributed by atoms with Gasteiger partial charge in [0.05, 0.1) is 23.0 Å². The van der Waals surface area contributed by atoms with Crippen LogP contribution in [0.4, 0.5) is 0 Å².